The van der Waals surface area contributed by atoms with Gasteiger partial charge in [0.1, 0.15) is 12.3 Å². The minimum absolute atomic E-state index is 0.119. The van der Waals surface area contributed by atoms with Gasteiger partial charge in [0.15, 0.2) is 11.6 Å². The van der Waals surface area contributed by atoms with E-state index in [9.17, 15) is 19.1 Å². The van der Waals surface area contributed by atoms with Crippen molar-refractivity contribution in [3.8, 4) is 5.75 Å². The second kappa shape index (κ2) is 4.96. The summed E-state index contributed by atoms with van der Waals surface area (Å²) >= 11 is 0. The molecule has 0 aliphatic carbocycles. The molecule has 17 heavy (non-hydrogen) atoms. The molecule has 0 unspecified atom stereocenters. The summed E-state index contributed by atoms with van der Waals surface area (Å²) in [7, 11) is 0. The molecule has 0 bridgehead atoms. The molecule has 3 N–H and O–H groups in total. The standard InChI is InChI=1S/C10H13FN2O4/c1-3-17-4-13-5(2)7(11)8(14)6(9(12)15)10(13)16/h14H,3-4H2,1-2H3,(H2,12,15). The molecule has 7 heteroatoms. The summed E-state index contributed by atoms with van der Waals surface area (Å²) < 4.78 is 19.4. The molecule has 0 atom stereocenters. The smallest absolute Gasteiger partial charge is 0.269 e. The maximum absolute atomic E-state index is 13.5. The average molecular weight is 244 g/mol. The summed E-state index contributed by atoms with van der Waals surface area (Å²) in [4.78, 5) is 22.7. The Bertz CT molecular complexity index is 510. The van der Waals surface area contributed by atoms with Gasteiger partial charge in [-0.15, -0.1) is 0 Å². The molecule has 0 spiro atoms. The summed E-state index contributed by atoms with van der Waals surface area (Å²) in [6.45, 7) is 3.10. The third-order valence-corrected chi connectivity index (χ3v) is 2.30. The Morgan fingerprint density at radius 1 is 1.59 bits per heavy atom. The zero-order valence-corrected chi connectivity index (χ0v) is 9.49. The van der Waals surface area contributed by atoms with Crippen molar-refractivity contribution >= 4 is 5.91 Å². The van der Waals surface area contributed by atoms with E-state index in [0.29, 0.717) is 6.61 Å². The van der Waals surface area contributed by atoms with E-state index in [1.807, 2.05) is 0 Å². The molecular formula is C10H13FN2O4. The first kappa shape index (κ1) is 13.2. The number of aromatic nitrogens is 1. The molecule has 0 aromatic carbocycles. The number of rotatable bonds is 4. The van der Waals surface area contributed by atoms with E-state index in [4.69, 9.17) is 10.5 Å². The summed E-state index contributed by atoms with van der Waals surface area (Å²) in [5, 5.41) is 9.35. The average Bonchev–Trinajstić information content (AvgIpc) is 2.26. The van der Waals surface area contributed by atoms with Gasteiger partial charge in [-0.3, -0.25) is 14.2 Å². The number of primary amides is 1. The van der Waals surface area contributed by atoms with E-state index in [-0.39, 0.29) is 12.4 Å². The van der Waals surface area contributed by atoms with Gasteiger partial charge in [0.2, 0.25) is 0 Å². The highest BCUT2D eigenvalue weighted by molar-refractivity contribution is 5.95. The van der Waals surface area contributed by atoms with E-state index in [1.54, 1.807) is 6.92 Å². The zero-order chi connectivity index (χ0) is 13.2. The molecule has 1 amide bonds. The molecule has 1 rings (SSSR count). The van der Waals surface area contributed by atoms with Crippen LogP contribution in [-0.2, 0) is 11.5 Å². The third kappa shape index (κ3) is 2.28. The first-order chi connectivity index (χ1) is 7.91. The van der Waals surface area contributed by atoms with Crippen LogP contribution in [0.1, 0.15) is 23.0 Å². The van der Waals surface area contributed by atoms with Crippen LogP contribution in [0.5, 0.6) is 5.75 Å². The second-order valence-electron chi connectivity index (χ2n) is 3.34. The fourth-order valence-corrected chi connectivity index (χ4v) is 1.35. The van der Waals surface area contributed by atoms with E-state index in [0.717, 1.165) is 4.57 Å². The van der Waals surface area contributed by atoms with Gasteiger partial charge in [-0.25, -0.2) is 4.39 Å². The van der Waals surface area contributed by atoms with Gasteiger partial charge >= 0.3 is 0 Å². The first-order valence-electron chi connectivity index (χ1n) is 4.91. The number of hydrogen-bond donors (Lipinski definition) is 2. The maximum atomic E-state index is 13.5. The van der Waals surface area contributed by atoms with Gasteiger partial charge in [-0.2, -0.15) is 0 Å². The highest BCUT2D eigenvalue weighted by Crippen LogP contribution is 2.20. The predicted molar refractivity (Wildman–Crippen MR) is 57.2 cm³/mol. The minimum atomic E-state index is -1.18. The lowest BCUT2D eigenvalue weighted by Gasteiger charge is -2.13. The number of hydrogen-bond acceptors (Lipinski definition) is 4. The molecule has 6 nitrogen and oxygen atoms in total. The van der Waals surface area contributed by atoms with E-state index >= 15 is 0 Å². The molecule has 0 fully saturated rings. The predicted octanol–water partition coefficient (Wildman–Crippen LogP) is 0.0943. The van der Waals surface area contributed by atoms with Crippen LogP contribution in [0.2, 0.25) is 0 Å². The van der Waals surface area contributed by atoms with Crippen LogP contribution in [0, 0.1) is 12.7 Å². The van der Waals surface area contributed by atoms with Crippen molar-refractivity contribution in [3.63, 3.8) is 0 Å². The lowest BCUT2D eigenvalue weighted by atomic mass is 10.2. The first-order valence-corrected chi connectivity index (χ1v) is 4.91. The second-order valence-corrected chi connectivity index (χ2v) is 3.34. The Hall–Kier alpha value is -1.89. The third-order valence-electron chi connectivity index (χ3n) is 2.30. The molecule has 0 aliphatic rings. The fraction of sp³-hybridized carbons (Fsp3) is 0.400. The Labute approximate surface area is 96.4 Å². The monoisotopic (exact) mass is 244 g/mol. The molecule has 0 saturated heterocycles. The number of halogens is 1. The van der Waals surface area contributed by atoms with Crippen molar-refractivity contribution in [2.45, 2.75) is 20.6 Å². The van der Waals surface area contributed by atoms with Crippen LogP contribution in [0.3, 0.4) is 0 Å². The largest absolute Gasteiger partial charge is 0.504 e. The van der Waals surface area contributed by atoms with Crippen molar-refractivity contribution in [1.82, 2.24) is 4.57 Å². The zero-order valence-electron chi connectivity index (χ0n) is 9.49. The molecule has 94 valence electrons. The van der Waals surface area contributed by atoms with Crippen LogP contribution >= 0.6 is 0 Å². The Balaban J connectivity index is 3.51. The minimum Gasteiger partial charge on any atom is -0.504 e. The lowest BCUT2D eigenvalue weighted by Crippen LogP contribution is -2.32. The van der Waals surface area contributed by atoms with Crippen molar-refractivity contribution < 1.29 is 19.0 Å². The van der Waals surface area contributed by atoms with Crippen molar-refractivity contribution in [2.75, 3.05) is 6.61 Å². The number of nitrogens with zero attached hydrogens (tertiary/aromatic N) is 1. The molecule has 0 radical (unpaired) electrons. The van der Waals surface area contributed by atoms with Gasteiger partial charge in [0, 0.05) is 6.61 Å². The molecule has 1 aromatic rings. The fourth-order valence-electron chi connectivity index (χ4n) is 1.35. The summed E-state index contributed by atoms with van der Waals surface area (Å²) in [5.41, 5.74) is 3.15. The van der Waals surface area contributed by atoms with E-state index in [1.165, 1.54) is 6.92 Å². The lowest BCUT2D eigenvalue weighted by molar-refractivity contribution is 0.0819. The van der Waals surface area contributed by atoms with E-state index in [2.05, 4.69) is 0 Å². The van der Waals surface area contributed by atoms with Crippen LogP contribution < -0.4 is 11.3 Å². The number of nitrogens with two attached hydrogens (primary N) is 1. The Morgan fingerprint density at radius 3 is 2.65 bits per heavy atom. The highest BCUT2D eigenvalue weighted by atomic mass is 19.1. The number of ether oxygens (including phenoxy) is 1. The van der Waals surface area contributed by atoms with Gasteiger partial charge in [-0.1, -0.05) is 0 Å². The Kier molecular flexibility index (Phi) is 3.84. The molecule has 1 heterocycles. The highest BCUT2D eigenvalue weighted by Gasteiger charge is 2.22. The van der Waals surface area contributed by atoms with Crippen LogP contribution in [0.15, 0.2) is 4.79 Å². The quantitative estimate of drug-likeness (QED) is 0.785. The van der Waals surface area contributed by atoms with Crippen molar-refractivity contribution in [1.29, 1.82) is 0 Å². The van der Waals surface area contributed by atoms with Crippen LogP contribution in [0.25, 0.3) is 0 Å². The summed E-state index contributed by atoms with van der Waals surface area (Å²) in [6.07, 6.45) is 0. The van der Waals surface area contributed by atoms with Crippen LogP contribution in [0.4, 0.5) is 4.39 Å². The maximum Gasteiger partial charge on any atom is 0.269 e. The molecule has 0 saturated carbocycles. The number of pyridine rings is 1. The summed E-state index contributed by atoms with van der Waals surface area (Å²) in [6, 6.07) is 0. The molecular weight excluding hydrogens is 231 g/mol. The summed E-state index contributed by atoms with van der Waals surface area (Å²) in [5.74, 6) is -3.26. The number of aromatic hydroxyl groups is 1. The van der Waals surface area contributed by atoms with Crippen molar-refractivity contribution in [2.24, 2.45) is 5.73 Å². The van der Waals surface area contributed by atoms with Gasteiger partial charge < -0.3 is 15.6 Å². The van der Waals surface area contributed by atoms with Gasteiger partial charge in [0.05, 0.1) is 5.69 Å². The SMILES string of the molecule is CCOCn1c(C)c(F)c(O)c(C(N)=O)c1=O. The normalized spacial score (nSPS) is 10.5. The molecule has 0 aliphatic heterocycles. The van der Waals surface area contributed by atoms with Crippen LogP contribution in [-0.4, -0.2) is 22.2 Å². The van der Waals surface area contributed by atoms with Gasteiger partial charge in [0.25, 0.3) is 11.5 Å². The Morgan fingerprint density at radius 2 is 2.18 bits per heavy atom. The van der Waals surface area contributed by atoms with Crippen molar-refractivity contribution in [3.05, 3.63) is 27.4 Å². The molecule has 1 aromatic heterocycles. The number of carbonyl (C=O) groups is 1. The van der Waals surface area contributed by atoms with Gasteiger partial charge in [-0.05, 0) is 13.8 Å². The number of amides is 1. The number of carbonyl (C=O) groups excluding carboxylic acids is 1. The van der Waals surface area contributed by atoms with E-state index < -0.39 is 28.6 Å². The topological polar surface area (TPSA) is 94.5 Å².